The van der Waals surface area contributed by atoms with Crippen molar-refractivity contribution >= 4 is 23.5 Å². The fourth-order valence-electron chi connectivity index (χ4n) is 4.12. The normalized spacial score (nSPS) is 11.4. The SMILES string of the molecule is CCCCCCCCCCCCCCCCCC[Si]c1ccccc1C[Si](C)C. The maximum absolute atomic E-state index is 2.43. The first-order valence-corrected chi connectivity index (χ1v) is 16.8. The van der Waals surface area contributed by atoms with Crippen molar-refractivity contribution in [2.45, 2.75) is 135 Å². The standard InChI is InChI=1S/C27H49Si2/c1-4-5-6-7-8-9-10-11-12-13-14-15-16-17-18-21-24-28-27-23-20-19-22-26(27)25-29(2)3/h19-20,22-23H,4-18,21,24-25H2,1-3H3. The summed E-state index contributed by atoms with van der Waals surface area (Å²) < 4.78 is 0. The van der Waals surface area contributed by atoms with Gasteiger partial charge in [0.1, 0.15) is 0 Å². The lowest BCUT2D eigenvalue weighted by molar-refractivity contribution is 0.531. The van der Waals surface area contributed by atoms with E-state index in [-0.39, 0.29) is 8.80 Å². The van der Waals surface area contributed by atoms with Gasteiger partial charge in [0, 0.05) is 8.80 Å². The molecule has 165 valence electrons. The van der Waals surface area contributed by atoms with E-state index in [1.165, 1.54) is 115 Å². The van der Waals surface area contributed by atoms with E-state index in [1.54, 1.807) is 10.8 Å². The number of hydrogen-bond acceptors (Lipinski definition) is 0. The van der Waals surface area contributed by atoms with Crippen LogP contribution in [0.1, 0.15) is 115 Å². The van der Waals surface area contributed by atoms with Crippen LogP contribution in [0.3, 0.4) is 0 Å². The van der Waals surface area contributed by atoms with Gasteiger partial charge >= 0.3 is 0 Å². The second-order valence-corrected chi connectivity index (χ2v) is 13.4. The molecule has 0 amide bonds. The Balaban J connectivity index is 1.85. The lowest BCUT2D eigenvalue weighted by atomic mass is 10.0. The van der Waals surface area contributed by atoms with E-state index in [2.05, 4.69) is 44.3 Å². The summed E-state index contributed by atoms with van der Waals surface area (Å²) in [5.41, 5.74) is 1.64. The van der Waals surface area contributed by atoms with Crippen LogP contribution in [0.25, 0.3) is 0 Å². The van der Waals surface area contributed by atoms with Gasteiger partial charge in [0.05, 0.1) is 9.52 Å². The van der Waals surface area contributed by atoms with Crippen molar-refractivity contribution in [3.8, 4) is 0 Å². The first-order chi connectivity index (χ1) is 14.2. The minimum absolute atomic E-state index is 0.165. The van der Waals surface area contributed by atoms with Gasteiger partial charge in [-0.05, 0) is 6.04 Å². The molecule has 0 aromatic heterocycles. The van der Waals surface area contributed by atoms with E-state index in [1.807, 2.05) is 0 Å². The van der Waals surface area contributed by atoms with Crippen molar-refractivity contribution < 1.29 is 0 Å². The summed E-state index contributed by atoms with van der Waals surface area (Å²) >= 11 is 0. The van der Waals surface area contributed by atoms with Crippen LogP contribution in [0.5, 0.6) is 0 Å². The lowest BCUT2D eigenvalue weighted by Gasteiger charge is -2.10. The van der Waals surface area contributed by atoms with Gasteiger partial charge in [-0.1, -0.05) is 164 Å². The molecule has 0 N–H and O–H groups in total. The van der Waals surface area contributed by atoms with Crippen LogP contribution >= 0.6 is 0 Å². The molecule has 29 heavy (non-hydrogen) atoms. The molecule has 1 aromatic carbocycles. The highest BCUT2D eigenvalue weighted by Gasteiger charge is 2.05. The predicted octanol–water partition coefficient (Wildman–Crippen LogP) is 8.53. The molecule has 0 spiro atoms. The minimum Gasteiger partial charge on any atom is -0.0710 e. The van der Waals surface area contributed by atoms with Gasteiger partial charge in [-0.25, -0.2) is 0 Å². The first-order valence-electron chi connectivity index (χ1n) is 12.8. The van der Waals surface area contributed by atoms with Crippen LogP contribution < -0.4 is 5.19 Å². The molecule has 1 rings (SSSR count). The second kappa shape index (κ2) is 19.6. The third-order valence-corrected chi connectivity index (χ3v) is 8.47. The highest BCUT2D eigenvalue weighted by Crippen LogP contribution is 2.14. The Morgan fingerprint density at radius 2 is 1.07 bits per heavy atom. The maximum Gasteiger partial charge on any atom is 0.0811 e. The van der Waals surface area contributed by atoms with Crippen LogP contribution in [0, 0.1) is 0 Å². The third-order valence-electron chi connectivity index (χ3n) is 5.91. The van der Waals surface area contributed by atoms with Crippen molar-refractivity contribution in [1.82, 2.24) is 0 Å². The Hall–Kier alpha value is -0.346. The fourth-order valence-corrected chi connectivity index (χ4v) is 6.68. The second-order valence-electron chi connectivity index (χ2n) is 9.27. The molecule has 0 bridgehead atoms. The molecule has 0 aliphatic carbocycles. The van der Waals surface area contributed by atoms with Gasteiger partial charge in [-0.2, -0.15) is 0 Å². The van der Waals surface area contributed by atoms with Gasteiger partial charge in [-0.3, -0.25) is 0 Å². The topological polar surface area (TPSA) is 0 Å². The van der Waals surface area contributed by atoms with E-state index in [9.17, 15) is 0 Å². The number of benzene rings is 1. The van der Waals surface area contributed by atoms with Crippen molar-refractivity contribution in [3.05, 3.63) is 29.8 Å². The zero-order valence-electron chi connectivity index (χ0n) is 20.0. The number of unbranched alkanes of at least 4 members (excludes halogenated alkanes) is 15. The van der Waals surface area contributed by atoms with Crippen molar-refractivity contribution in [1.29, 1.82) is 0 Å². The summed E-state index contributed by atoms with van der Waals surface area (Å²) in [6.45, 7) is 7.16. The quantitative estimate of drug-likeness (QED) is 0.144. The molecular formula is C27H49Si2. The van der Waals surface area contributed by atoms with Gasteiger partial charge in [0.2, 0.25) is 0 Å². The number of hydrogen-bond donors (Lipinski definition) is 0. The molecule has 0 heterocycles. The van der Waals surface area contributed by atoms with Crippen LogP contribution in [-0.4, -0.2) is 18.3 Å². The average Bonchev–Trinajstić information content (AvgIpc) is 2.71. The van der Waals surface area contributed by atoms with Gasteiger partial charge in [0.25, 0.3) is 0 Å². The Bertz CT molecular complexity index is 469. The zero-order chi connectivity index (χ0) is 21.0. The minimum atomic E-state index is -0.165. The van der Waals surface area contributed by atoms with E-state index in [0.29, 0.717) is 0 Å². The van der Waals surface area contributed by atoms with Crippen LogP contribution in [0.2, 0.25) is 19.1 Å². The Kier molecular flexibility index (Phi) is 18.0. The van der Waals surface area contributed by atoms with Gasteiger partial charge in [-0.15, -0.1) is 0 Å². The molecule has 0 fully saturated rings. The van der Waals surface area contributed by atoms with Gasteiger partial charge < -0.3 is 0 Å². The summed E-state index contributed by atoms with van der Waals surface area (Å²) in [7, 11) is 0.865. The van der Waals surface area contributed by atoms with E-state index in [0.717, 1.165) is 9.52 Å². The highest BCUT2D eigenvalue weighted by molar-refractivity contribution is 6.57. The molecule has 0 nitrogen and oxygen atoms in total. The number of rotatable bonds is 20. The van der Waals surface area contributed by atoms with Crippen molar-refractivity contribution in [3.63, 3.8) is 0 Å². The molecular weight excluding hydrogens is 380 g/mol. The molecule has 2 heteroatoms. The summed E-state index contributed by atoms with van der Waals surface area (Å²) in [6.07, 6.45) is 23.4. The van der Waals surface area contributed by atoms with E-state index in [4.69, 9.17) is 0 Å². The van der Waals surface area contributed by atoms with Gasteiger partial charge in [0.15, 0.2) is 0 Å². The van der Waals surface area contributed by atoms with Crippen LogP contribution in [-0.2, 0) is 6.04 Å². The molecule has 0 unspecified atom stereocenters. The molecule has 0 aliphatic heterocycles. The predicted molar refractivity (Wildman–Crippen MR) is 137 cm³/mol. The Morgan fingerprint density at radius 1 is 0.621 bits per heavy atom. The van der Waals surface area contributed by atoms with Crippen molar-refractivity contribution in [2.75, 3.05) is 0 Å². The summed E-state index contributed by atoms with van der Waals surface area (Å²) in [6, 6.07) is 12.0. The summed E-state index contributed by atoms with van der Waals surface area (Å²) in [4.78, 5) is 0. The molecule has 1 aromatic rings. The monoisotopic (exact) mass is 429 g/mol. The molecule has 0 aliphatic rings. The lowest BCUT2D eigenvalue weighted by Crippen LogP contribution is -2.22. The van der Waals surface area contributed by atoms with Crippen LogP contribution in [0.4, 0.5) is 0 Å². The molecule has 0 saturated heterocycles. The molecule has 3 radical (unpaired) electrons. The van der Waals surface area contributed by atoms with E-state index < -0.39 is 0 Å². The summed E-state index contributed by atoms with van der Waals surface area (Å²) in [5.74, 6) is 0. The fraction of sp³-hybridized carbons (Fsp3) is 0.778. The highest BCUT2D eigenvalue weighted by atomic mass is 28.3. The third kappa shape index (κ3) is 16.1. The smallest absolute Gasteiger partial charge is 0.0710 e. The zero-order valence-corrected chi connectivity index (χ0v) is 22.0. The van der Waals surface area contributed by atoms with E-state index >= 15 is 0 Å². The average molecular weight is 430 g/mol. The largest absolute Gasteiger partial charge is 0.0811 e. The Morgan fingerprint density at radius 3 is 1.55 bits per heavy atom. The molecule has 0 saturated carbocycles. The van der Waals surface area contributed by atoms with Crippen LogP contribution in [0.15, 0.2) is 24.3 Å². The Labute approximate surface area is 188 Å². The first kappa shape index (κ1) is 26.7. The van der Waals surface area contributed by atoms with Crippen molar-refractivity contribution in [2.24, 2.45) is 0 Å². The summed E-state index contributed by atoms with van der Waals surface area (Å²) in [5, 5.41) is 1.65. The maximum atomic E-state index is 2.43. The molecule has 0 atom stereocenters.